The average molecular weight is 421 g/mol. The first-order valence-corrected chi connectivity index (χ1v) is 8.29. The van der Waals surface area contributed by atoms with Gasteiger partial charge in [-0.15, -0.1) is 0 Å². The fraction of sp³-hybridized carbons (Fsp3) is 0.562. The zero-order valence-corrected chi connectivity index (χ0v) is 15.7. The van der Waals surface area contributed by atoms with Crippen LogP contribution in [0.15, 0.2) is 18.2 Å². The number of aryl methyl sites for hydroxylation is 1. The molecule has 0 fully saturated rings. The lowest BCUT2D eigenvalue weighted by Gasteiger charge is -2.19. The van der Waals surface area contributed by atoms with Gasteiger partial charge in [0.25, 0.3) is 0 Å². The molecule has 0 bridgehead atoms. The summed E-state index contributed by atoms with van der Waals surface area (Å²) in [6, 6.07) is 5.97. The number of alkyl carbamates (subject to hydrolysis) is 1. The maximum Gasteiger partial charge on any atom is 0.407 e. The van der Waals surface area contributed by atoms with Crippen molar-refractivity contribution < 1.29 is 19.0 Å². The smallest absolute Gasteiger partial charge is 0.407 e. The van der Waals surface area contributed by atoms with Crippen LogP contribution in [0.25, 0.3) is 0 Å². The predicted octanol–water partition coefficient (Wildman–Crippen LogP) is 3.52. The third-order valence-corrected chi connectivity index (χ3v) is 3.75. The molecule has 1 N–H and O–H groups in total. The molecule has 22 heavy (non-hydrogen) atoms. The molecule has 0 saturated carbocycles. The van der Waals surface area contributed by atoms with E-state index in [2.05, 4.69) is 27.9 Å². The number of hydrogen-bond acceptors (Lipinski definition) is 4. The van der Waals surface area contributed by atoms with E-state index in [4.69, 9.17) is 14.2 Å². The van der Waals surface area contributed by atoms with E-state index in [1.807, 2.05) is 45.9 Å². The van der Waals surface area contributed by atoms with Gasteiger partial charge in [-0.2, -0.15) is 0 Å². The van der Waals surface area contributed by atoms with Gasteiger partial charge in [0.15, 0.2) is 0 Å². The maximum atomic E-state index is 11.4. The summed E-state index contributed by atoms with van der Waals surface area (Å²) in [5, 5.41) is 2.63. The highest BCUT2D eigenvalue weighted by Gasteiger charge is 2.15. The second-order valence-corrected chi connectivity index (χ2v) is 6.96. The minimum Gasteiger partial charge on any atom is -0.491 e. The Morgan fingerprint density at radius 2 is 1.95 bits per heavy atom. The van der Waals surface area contributed by atoms with Crippen LogP contribution in [0.2, 0.25) is 0 Å². The van der Waals surface area contributed by atoms with E-state index in [0.717, 1.165) is 5.75 Å². The Kier molecular flexibility index (Phi) is 7.95. The molecule has 0 aromatic heterocycles. The lowest BCUT2D eigenvalue weighted by atomic mass is 10.2. The van der Waals surface area contributed by atoms with Crippen molar-refractivity contribution in [2.45, 2.75) is 33.3 Å². The minimum atomic E-state index is -0.482. The Labute approximate surface area is 145 Å². The fourth-order valence-corrected chi connectivity index (χ4v) is 1.90. The summed E-state index contributed by atoms with van der Waals surface area (Å²) in [6.45, 7) is 9.32. The number of ether oxygens (including phenoxy) is 3. The average Bonchev–Trinajstić information content (AvgIpc) is 2.39. The van der Waals surface area contributed by atoms with Crippen molar-refractivity contribution >= 4 is 28.7 Å². The minimum absolute atomic E-state index is 0.414. The molecule has 0 spiro atoms. The monoisotopic (exact) mass is 421 g/mol. The van der Waals surface area contributed by atoms with Crippen molar-refractivity contribution in [2.24, 2.45) is 0 Å². The number of rotatable bonds is 7. The van der Waals surface area contributed by atoms with Crippen LogP contribution in [-0.2, 0) is 9.47 Å². The summed E-state index contributed by atoms with van der Waals surface area (Å²) in [4.78, 5) is 11.4. The Hall–Kier alpha value is -1.02. The van der Waals surface area contributed by atoms with E-state index in [-0.39, 0.29) is 0 Å². The highest BCUT2D eigenvalue weighted by molar-refractivity contribution is 14.1. The van der Waals surface area contributed by atoms with Crippen LogP contribution in [0.4, 0.5) is 4.79 Å². The van der Waals surface area contributed by atoms with Crippen LogP contribution in [0.1, 0.15) is 26.3 Å². The van der Waals surface area contributed by atoms with Crippen molar-refractivity contribution in [3.8, 4) is 5.75 Å². The first kappa shape index (κ1) is 19.0. The number of carbonyl (C=O) groups excluding carboxylic acids is 1. The zero-order valence-electron chi connectivity index (χ0n) is 13.6. The van der Waals surface area contributed by atoms with Gasteiger partial charge >= 0.3 is 6.09 Å². The molecule has 0 atom stereocenters. The molecule has 1 aromatic carbocycles. The molecule has 1 amide bonds. The first-order valence-electron chi connectivity index (χ1n) is 7.21. The summed E-state index contributed by atoms with van der Waals surface area (Å²) < 4.78 is 17.3. The van der Waals surface area contributed by atoms with E-state index in [1.165, 1.54) is 9.13 Å². The molecule has 6 heteroatoms. The van der Waals surface area contributed by atoms with E-state index in [9.17, 15) is 4.79 Å². The lowest BCUT2D eigenvalue weighted by molar-refractivity contribution is 0.0489. The molecule has 0 unspecified atom stereocenters. The zero-order chi connectivity index (χ0) is 16.6. The summed E-state index contributed by atoms with van der Waals surface area (Å²) in [6.07, 6.45) is -0.429. The van der Waals surface area contributed by atoms with Crippen LogP contribution in [-0.4, -0.2) is 38.1 Å². The molecule has 0 aliphatic rings. The molecule has 0 aliphatic heterocycles. The lowest BCUT2D eigenvalue weighted by Crippen LogP contribution is -2.34. The molecular weight excluding hydrogens is 397 g/mol. The highest BCUT2D eigenvalue weighted by Crippen LogP contribution is 2.18. The Morgan fingerprint density at radius 1 is 1.23 bits per heavy atom. The maximum absolute atomic E-state index is 11.4. The number of benzene rings is 1. The van der Waals surface area contributed by atoms with Gasteiger partial charge in [-0.05, 0) is 74.0 Å². The molecule has 0 heterocycles. The molecule has 0 radical (unpaired) electrons. The highest BCUT2D eigenvalue weighted by atomic mass is 127. The van der Waals surface area contributed by atoms with Gasteiger partial charge in [-0.25, -0.2) is 4.79 Å². The Morgan fingerprint density at radius 3 is 2.59 bits per heavy atom. The molecule has 124 valence electrons. The van der Waals surface area contributed by atoms with Crippen LogP contribution in [0.5, 0.6) is 5.75 Å². The van der Waals surface area contributed by atoms with Gasteiger partial charge in [-0.1, -0.05) is 0 Å². The third kappa shape index (κ3) is 8.43. The van der Waals surface area contributed by atoms with Crippen LogP contribution >= 0.6 is 22.6 Å². The molecule has 0 aliphatic carbocycles. The Balaban J connectivity index is 2.06. The molecule has 0 saturated heterocycles. The SMILES string of the molecule is Cc1cc(OCCOCCNC(=O)OC(C)(C)C)ccc1I. The van der Waals surface area contributed by atoms with Crippen LogP contribution < -0.4 is 10.1 Å². The van der Waals surface area contributed by atoms with Crippen molar-refractivity contribution in [1.82, 2.24) is 5.32 Å². The van der Waals surface area contributed by atoms with Gasteiger partial charge in [0, 0.05) is 10.1 Å². The van der Waals surface area contributed by atoms with Crippen molar-refractivity contribution in [1.29, 1.82) is 0 Å². The van der Waals surface area contributed by atoms with E-state index >= 15 is 0 Å². The van der Waals surface area contributed by atoms with Gasteiger partial charge in [0.05, 0.1) is 13.2 Å². The van der Waals surface area contributed by atoms with Crippen molar-refractivity contribution in [3.63, 3.8) is 0 Å². The number of hydrogen-bond donors (Lipinski definition) is 1. The Bertz CT molecular complexity index is 486. The summed E-state index contributed by atoms with van der Waals surface area (Å²) in [7, 11) is 0. The fourth-order valence-electron chi connectivity index (χ4n) is 1.57. The van der Waals surface area contributed by atoms with E-state index < -0.39 is 11.7 Å². The molecule has 1 aromatic rings. The number of amides is 1. The van der Waals surface area contributed by atoms with Gasteiger partial charge < -0.3 is 19.5 Å². The van der Waals surface area contributed by atoms with Crippen LogP contribution in [0, 0.1) is 10.5 Å². The topological polar surface area (TPSA) is 56.8 Å². The third-order valence-electron chi connectivity index (χ3n) is 2.54. The van der Waals surface area contributed by atoms with Gasteiger partial charge in [0.1, 0.15) is 18.0 Å². The van der Waals surface area contributed by atoms with Crippen molar-refractivity contribution in [3.05, 3.63) is 27.3 Å². The van der Waals surface area contributed by atoms with Gasteiger partial charge in [0.2, 0.25) is 0 Å². The first-order chi connectivity index (χ1) is 10.3. The number of carbonyl (C=O) groups is 1. The summed E-state index contributed by atoms with van der Waals surface area (Å²) >= 11 is 2.29. The van der Waals surface area contributed by atoms with E-state index in [0.29, 0.717) is 26.4 Å². The standard InChI is InChI=1S/C16H24INO4/c1-12-11-13(5-6-14(12)17)21-10-9-20-8-7-18-15(19)22-16(2,3)4/h5-6,11H,7-10H2,1-4H3,(H,18,19). The number of halogens is 1. The molecular formula is C16H24INO4. The van der Waals surface area contributed by atoms with Crippen molar-refractivity contribution in [2.75, 3.05) is 26.4 Å². The molecule has 1 rings (SSSR count). The largest absolute Gasteiger partial charge is 0.491 e. The summed E-state index contributed by atoms with van der Waals surface area (Å²) in [5.41, 5.74) is 0.713. The second kappa shape index (κ2) is 9.19. The second-order valence-electron chi connectivity index (χ2n) is 5.80. The molecule has 5 nitrogen and oxygen atoms in total. The summed E-state index contributed by atoms with van der Waals surface area (Å²) in [5.74, 6) is 0.841. The van der Waals surface area contributed by atoms with E-state index in [1.54, 1.807) is 0 Å². The normalized spacial score (nSPS) is 11.1. The van der Waals surface area contributed by atoms with Crippen LogP contribution in [0.3, 0.4) is 0 Å². The predicted molar refractivity (Wildman–Crippen MR) is 94.4 cm³/mol. The van der Waals surface area contributed by atoms with Gasteiger partial charge in [-0.3, -0.25) is 0 Å². The number of nitrogens with one attached hydrogen (secondary N) is 1. The quantitative estimate of drug-likeness (QED) is 0.541.